The third kappa shape index (κ3) is 2.32. The van der Waals surface area contributed by atoms with E-state index >= 15 is 0 Å². The van der Waals surface area contributed by atoms with Gasteiger partial charge in [-0.3, -0.25) is 4.79 Å². The van der Waals surface area contributed by atoms with Gasteiger partial charge in [-0.25, -0.2) is 4.39 Å². The average molecular weight is 260 g/mol. The highest BCUT2D eigenvalue weighted by Crippen LogP contribution is 2.18. The molecular formula is C10H11BrFNO. The predicted octanol–water partition coefficient (Wildman–Crippen LogP) is 2.57. The molecule has 0 aliphatic carbocycles. The minimum atomic E-state index is -0.372. The summed E-state index contributed by atoms with van der Waals surface area (Å²) >= 11 is 3.06. The van der Waals surface area contributed by atoms with Crippen LogP contribution in [0.3, 0.4) is 0 Å². The fourth-order valence-corrected chi connectivity index (χ4v) is 1.53. The summed E-state index contributed by atoms with van der Waals surface area (Å²) in [6.07, 6.45) is 0. The topological polar surface area (TPSA) is 20.3 Å². The van der Waals surface area contributed by atoms with Crippen molar-refractivity contribution in [3.8, 4) is 0 Å². The summed E-state index contributed by atoms with van der Waals surface area (Å²) in [7, 11) is 0. The van der Waals surface area contributed by atoms with Crippen LogP contribution in [0.5, 0.6) is 0 Å². The number of carbonyl (C=O) groups excluding carboxylic acids is 1. The number of hydrogen-bond donors (Lipinski definition) is 0. The van der Waals surface area contributed by atoms with E-state index in [-0.39, 0.29) is 17.1 Å². The average Bonchev–Trinajstić information content (AvgIpc) is 2.21. The number of halogens is 2. The molecule has 2 nitrogen and oxygen atoms in total. The van der Waals surface area contributed by atoms with Gasteiger partial charge in [0.05, 0.1) is 11.0 Å². The lowest BCUT2D eigenvalue weighted by molar-refractivity contribution is -0.116. The van der Waals surface area contributed by atoms with Crippen LogP contribution in [0, 0.1) is 5.82 Å². The largest absolute Gasteiger partial charge is 0.309 e. The lowest BCUT2D eigenvalue weighted by atomic mass is 10.2. The molecule has 76 valence electrons. The van der Waals surface area contributed by atoms with Crippen LogP contribution >= 0.6 is 15.9 Å². The molecule has 0 heterocycles. The van der Waals surface area contributed by atoms with Gasteiger partial charge in [0, 0.05) is 6.54 Å². The van der Waals surface area contributed by atoms with Crippen LogP contribution in [-0.2, 0) is 4.79 Å². The number of carbonyl (C=O) groups is 1. The van der Waals surface area contributed by atoms with Gasteiger partial charge >= 0.3 is 0 Å². The van der Waals surface area contributed by atoms with E-state index in [9.17, 15) is 9.18 Å². The Kier molecular flexibility index (Phi) is 4.07. The number of nitrogens with zero attached hydrogens (tertiary/aromatic N) is 1. The van der Waals surface area contributed by atoms with Crippen molar-refractivity contribution >= 4 is 27.5 Å². The van der Waals surface area contributed by atoms with Crippen molar-refractivity contribution in [2.45, 2.75) is 6.92 Å². The molecule has 0 spiro atoms. The molecule has 0 bridgehead atoms. The quantitative estimate of drug-likeness (QED) is 0.765. The van der Waals surface area contributed by atoms with E-state index < -0.39 is 0 Å². The lowest BCUT2D eigenvalue weighted by Gasteiger charge is -2.20. The molecule has 4 heteroatoms. The van der Waals surface area contributed by atoms with Crippen LogP contribution < -0.4 is 4.90 Å². The van der Waals surface area contributed by atoms with E-state index in [4.69, 9.17) is 0 Å². The second-order valence-corrected chi connectivity index (χ2v) is 3.28. The van der Waals surface area contributed by atoms with E-state index in [1.54, 1.807) is 18.2 Å². The molecule has 0 unspecified atom stereocenters. The van der Waals surface area contributed by atoms with Crippen LogP contribution in [0.4, 0.5) is 10.1 Å². The van der Waals surface area contributed by atoms with Crippen molar-refractivity contribution in [3.63, 3.8) is 0 Å². The van der Waals surface area contributed by atoms with Crippen LogP contribution in [0.25, 0.3) is 0 Å². The van der Waals surface area contributed by atoms with Crippen molar-refractivity contribution < 1.29 is 9.18 Å². The summed E-state index contributed by atoms with van der Waals surface area (Å²) in [6.45, 7) is 2.28. The zero-order chi connectivity index (χ0) is 10.6. The van der Waals surface area contributed by atoms with Gasteiger partial charge in [0.25, 0.3) is 0 Å². The first kappa shape index (κ1) is 11.2. The summed E-state index contributed by atoms with van der Waals surface area (Å²) in [5.41, 5.74) is 0.333. The molecule has 0 atom stereocenters. The second-order valence-electron chi connectivity index (χ2n) is 2.72. The Bertz CT molecular complexity index is 330. The first-order valence-corrected chi connectivity index (χ1v) is 5.43. The summed E-state index contributed by atoms with van der Waals surface area (Å²) in [5, 5.41) is 0.204. The molecular weight excluding hydrogens is 249 g/mol. The van der Waals surface area contributed by atoms with E-state index in [1.165, 1.54) is 11.0 Å². The standard InChI is InChI=1S/C10H11BrFNO/c1-2-13(10(14)7-11)9-6-4-3-5-8(9)12/h3-6H,2,7H2,1H3. The lowest BCUT2D eigenvalue weighted by Crippen LogP contribution is -2.32. The Morgan fingerprint density at radius 3 is 2.64 bits per heavy atom. The molecule has 0 N–H and O–H groups in total. The summed E-state index contributed by atoms with van der Waals surface area (Å²) < 4.78 is 13.3. The van der Waals surface area contributed by atoms with Crippen molar-refractivity contribution in [1.29, 1.82) is 0 Å². The van der Waals surface area contributed by atoms with E-state index in [1.807, 2.05) is 6.92 Å². The van der Waals surface area contributed by atoms with Gasteiger partial charge in [-0.1, -0.05) is 28.1 Å². The molecule has 0 saturated carbocycles. The van der Waals surface area contributed by atoms with E-state index in [0.717, 1.165) is 0 Å². The highest BCUT2D eigenvalue weighted by Gasteiger charge is 2.15. The minimum absolute atomic E-state index is 0.141. The van der Waals surface area contributed by atoms with Gasteiger partial charge in [0.1, 0.15) is 5.82 Å². The van der Waals surface area contributed by atoms with Crippen LogP contribution in [0.2, 0.25) is 0 Å². The molecule has 0 saturated heterocycles. The van der Waals surface area contributed by atoms with Crippen molar-refractivity contribution in [1.82, 2.24) is 0 Å². The Morgan fingerprint density at radius 1 is 1.50 bits per heavy atom. The summed E-state index contributed by atoms with van der Waals surface area (Å²) in [6, 6.07) is 6.26. The maximum atomic E-state index is 13.3. The predicted molar refractivity (Wildman–Crippen MR) is 58.2 cm³/mol. The number of para-hydroxylation sites is 1. The van der Waals surface area contributed by atoms with Gasteiger partial charge in [-0.2, -0.15) is 0 Å². The molecule has 1 aromatic carbocycles. The molecule has 1 aromatic rings. The number of anilines is 1. The maximum absolute atomic E-state index is 13.3. The second kappa shape index (κ2) is 5.10. The van der Waals surface area contributed by atoms with Gasteiger partial charge in [0.2, 0.25) is 5.91 Å². The fraction of sp³-hybridized carbons (Fsp3) is 0.300. The van der Waals surface area contributed by atoms with Crippen molar-refractivity contribution in [2.24, 2.45) is 0 Å². The maximum Gasteiger partial charge on any atom is 0.237 e. The first-order valence-electron chi connectivity index (χ1n) is 4.31. The zero-order valence-corrected chi connectivity index (χ0v) is 9.42. The van der Waals surface area contributed by atoms with Gasteiger partial charge in [-0.15, -0.1) is 0 Å². The van der Waals surface area contributed by atoms with Crippen molar-refractivity contribution in [2.75, 3.05) is 16.8 Å². The third-order valence-corrected chi connectivity index (χ3v) is 2.35. The van der Waals surface area contributed by atoms with Gasteiger partial charge in [0.15, 0.2) is 0 Å². The van der Waals surface area contributed by atoms with Crippen LogP contribution in [-0.4, -0.2) is 17.8 Å². The highest BCUT2D eigenvalue weighted by atomic mass is 79.9. The van der Waals surface area contributed by atoms with Crippen LogP contribution in [0.15, 0.2) is 24.3 Å². The summed E-state index contributed by atoms with van der Waals surface area (Å²) in [4.78, 5) is 12.8. The van der Waals surface area contributed by atoms with E-state index in [0.29, 0.717) is 12.2 Å². The molecule has 0 fully saturated rings. The number of rotatable bonds is 3. The van der Waals surface area contributed by atoms with Crippen molar-refractivity contribution in [3.05, 3.63) is 30.1 Å². The minimum Gasteiger partial charge on any atom is -0.309 e. The Balaban J connectivity index is 3.01. The molecule has 14 heavy (non-hydrogen) atoms. The summed E-state index contributed by atoms with van der Waals surface area (Å²) in [5.74, 6) is -0.513. The number of hydrogen-bond acceptors (Lipinski definition) is 1. The number of amides is 1. The Labute approximate surface area is 90.8 Å². The van der Waals surface area contributed by atoms with Gasteiger partial charge in [-0.05, 0) is 19.1 Å². The number of benzene rings is 1. The Hall–Kier alpha value is -0.900. The molecule has 0 radical (unpaired) electrons. The monoisotopic (exact) mass is 259 g/mol. The van der Waals surface area contributed by atoms with E-state index in [2.05, 4.69) is 15.9 Å². The smallest absolute Gasteiger partial charge is 0.237 e. The molecule has 0 aliphatic rings. The fourth-order valence-electron chi connectivity index (χ4n) is 1.22. The highest BCUT2D eigenvalue weighted by molar-refractivity contribution is 9.09. The van der Waals surface area contributed by atoms with Crippen LogP contribution in [0.1, 0.15) is 6.92 Å². The molecule has 0 aromatic heterocycles. The third-order valence-electron chi connectivity index (χ3n) is 1.87. The number of alkyl halides is 1. The first-order chi connectivity index (χ1) is 6.70. The molecule has 1 rings (SSSR count). The Morgan fingerprint density at radius 2 is 2.14 bits per heavy atom. The van der Waals surface area contributed by atoms with Gasteiger partial charge < -0.3 is 4.90 Å². The normalized spacial score (nSPS) is 9.93. The SMILES string of the molecule is CCN(C(=O)CBr)c1ccccc1F. The molecule has 0 aliphatic heterocycles. The molecule has 1 amide bonds. The zero-order valence-electron chi connectivity index (χ0n) is 7.84.